The highest BCUT2D eigenvalue weighted by atomic mass is 35.5. The fourth-order valence-electron chi connectivity index (χ4n) is 4.17. The number of aromatic nitrogens is 2. The minimum Gasteiger partial charge on any atom is -0.348 e. The number of rotatable bonds is 7. The Balaban J connectivity index is 1.24. The third-order valence-electron chi connectivity index (χ3n) is 6.26. The van der Waals surface area contributed by atoms with Crippen LogP contribution in [0.1, 0.15) is 31.8 Å². The van der Waals surface area contributed by atoms with E-state index in [1.165, 1.54) is 28.8 Å². The van der Waals surface area contributed by atoms with Gasteiger partial charge in [-0.15, -0.1) is 0 Å². The highest BCUT2D eigenvalue weighted by molar-refractivity contribution is 7.71. The number of hydrogen-bond donors (Lipinski definition) is 3. The summed E-state index contributed by atoms with van der Waals surface area (Å²) in [5.41, 5.74) is 3.00. The van der Waals surface area contributed by atoms with Gasteiger partial charge in [-0.1, -0.05) is 35.9 Å². The Hall–Kier alpha value is -4.60. The van der Waals surface area contributed by atoms with Crippen molar-refractivity contribution in [3.05, 3.63) is 139 Å². The van der Waals surface area contributed by atoms with Crippen LogP contribution in [0.2, 0.25) is 5.02 Å². The van der Waals surface area contributed by atoms with Gasteiger partial charge in [-0.2, -0.15) is 0 Å². The quantitative estimate of drug-likeness (QED) is 0.218. The zero-order valence-corrected chi connectivity index (χ0v) is 22.5. The first-order valence-electron chi connectivity index (χ1n) is 12.2. The molecule has 5 rings (SSSR count). The molecule has 0 fully saturated rings. The number of amides is 2. The fraction of sp³-hybridized carbons (Fsp3) is 0.0667. The average Bonchev–Trinajstić information content (AvgIpc) is 2.95. The maximum Gasteiger partial charge on any atom is 0.266 e. The van der Waals surface area contributed by atoms with E-state index in [1.807, 2.05) is 12.1 Å². The molecule has 1 aromatic heterocycles. The highest BCUT2D eigenvalue weighted by Crippen LogP contribution is 2.15. The summed E-state index contributed by atoms with van der Waals surface area (Å²) in [5, 5.41) is 6.63. The Bertz CT molecular complexity index is 1850. The van der Waals surface area contributed by atoms with Crippen LogP contribution in [-0.2, 0) is 13.1 Å². The lowest BCUT2D eigenvalue weighted by Crippen LogP contribution is -2.24. The number of benzene rings is 4. The number of H-pyrrole nitrogens is 1. The number of carbonyl (C=O) groups excluding carboxylic acids is 2. The molecule has 0 aliphatic carbocycles. The van der Waals surface area contributed by atoms with Gasteiger partial charge in [-0.3, -0.25) is 19.0 Å². The van der Waals surface area contributed by atoms with Gasteiger partial charge >= 0.3 is 0 Å². The second-order valence-electron chi connectivity index (χ2n) is 9.00. The number of nitrogens with zero attached hydrogens (tertiary/aromatic N) is 1. The predicted octanol–water partition coefficient (Wildman–Crippen LogP) is 5.70. The van der Waals surface area contributed by atoms with Gasteiger partial charge in [-0.25, -0.2) is 4.39 Å². The molecule has 0 saturated carbocycles. The van der Waals surface area contributed by atoms with Gasteiger partial charge in [0.2, 0.25) is 0 Å². The second kappa shape index (κ2) is 11.6. The van der Waals surface area contributed by atoms with Crippen LogP contribution in [0.3, 0.4) is 0 Å². The molecule has 2 amide bonds. The Morgan fingerprint density at radius 3 is 2.17 bits per heavy atom. The van der Waals surface area contributed by atoms with Gasteiger partial charge in [0.15, 0.2) is 4.77 Å². The Morgan fingerprint density at radius 2 is 1.48 bits per heavy atom. The molecule has 0 aliphatic rings. The molecule has 10 heteroatoms. The van der Waals surface area contributed by atoms with Crippen LogP contribution in [0.5, 0.6) is 0 Å². The maximum absolute atomic E-state index is 13.3. The van der Waals surface area contributed by atoms with E-state index in [2.05, 4.69) is 15.6 Å². The summed E-state index contributed by atoms with van der Waals surface area (Å²) in [6.45, 7) is 0.594. The molecule has 7 nitrogen and oxygen atoms in total. The molecule has 0 aliphatic heterocycles. The van der Waals surface area contributed by atoms with Gasteiger partial charge in [0, 0.05) is 29.2 Å². The van der Waals surface area contributed by atoms with Crippen molar-refractivity contribution in [1.82, 2.24) is 20.2 Å². The summed E-state index contributed by atoms with van der Waals surface area (Å²) in [7, 11) is 0. The molecule has 40 heavy (non-hydrogen) atoms. The summed E-state index contributed by atoms with van der Waals surface area (Å²) < 4.78 is 14.7. The first kappa shape index (κ1) is 27.0. The van der Waals surface area contributed by atoms with Gasteiger partial charge in [-0.05, 0) is 90.1 Å². The molecule has 1 heterocycles. The summed E-state index contributed by atoms with van der Waals surface area (Å²) in [4.78, 5) is 41.4. The van der Waals surface area contributed by atoms with E-state index in [-0.39, 0.29) is 28.7 Å². The summed E-state index contributed by atoms with van der Waals surface area (Å²) in [6, 6.07) is 24.3. The lowest BCUT2D eigenvalue weighted by atomic mass is 10.1. The van der Waals surface area contributed by atoms with Crippen molar-refractivity contribution < 1.29 is 14.0 Å². The molecule has 0 radical (unpaired) electrons. The summed E-state index contributed by atoms with van der Waals surface area (Å²) in [5.74, 6) is -0.982. The zero-order valence-electron chi connectivity index (χ0n) is 20.9. The number of aromatic amines is 1. The molecule has 4 aromatic carbocycles. The smallest absolute Gasteiger partial charge is 0.266 e. The molecule has 0 bridgehead atoms. The van der Waals surface area contributed by atoms with Crippen LogP contribution in [0.25, 0.3) is 16.6 Å². The van der Waals surface area contributed by atoms with Gasteiger partial charge in [0.05, 0.1) is 16.6 Å². The standard InChI is InChI=1S/C30H22ClFN4O3S/c31-22-3-1-2-19(14-22)17-34-27(37)20-6-4-18(5-7-20)16-33-28(38)21-8-13-25-26(15-21)35-30(40)36(29(25)39)24-11-9-23(32)10-12-24/h1-15H,16-17H2,(H,33,38)(H,34,37)(H,35,40). The van der Waals surface area contributed by atoms with Gasteiger partial charge in [0.1, 0.15) is 5.82 Å². The number of fused-ring (bicyclic) bond motifs is 1. The summed E-state index contributed by atoms with van der Waals surface area (Å²) in [6.07, 6.45) is 0. The van der Waals surface area contributed by atoms with E-state index in [0.717, 1.165) is 11.1 Å². The first-order valence-corrected chi connectivity index (χ1v) is 13.0. The van der Waals surface area contributed by atoms with Crippen LogP contribution >= 0.6 is 23.8 Å². The average molecular weight is 573 g/mol. The Kier molecular flexibility index (Phi) is 7.86. The van der Waals surface area contributed by atoms with Crippen molar-refractivity contribution in [2.45, 2.75) is 13.1 Å². The van der Waals surface area contributed by atoms with Crippen molar-refractivity contribution in [3.63, 3.8) is 0 Å². The minimum atomic E-state index is -0.422. The van der Waals surface area contributed by atoms with Crippen molar-refractivity contribution in [2.24, 2.45) is 0 Å². The van der Waals surface area contributed by atoms with E-state index in [0.29, 0.717) is 39.3 Å². The molecule has 5 aromatic rings. The maximum atomic E-state index is 13.3. The molecule has 0 unspecified atom stereocenters. The lowest BCUT2D eigenvalue weighted by Gasteiger charge is -2.10. The topological polar surface area (TPSA) is 96.0 Å². The van der Waals surface area contributed by atoms with Crippen molar-refractivity contribution in [2.75, 3.05) is 0 Å². The number of hydrogen-bond acceptors (Lipinski definition) is 4. The first-order chi connectivity index (χ1) is 19.3. The lowest BCUT2D eigenvalue weighted by molar-refractivity contribution is 0.0941. The molecule has 0 atom stereocenters. The predicted molar refractivity (Wildman–Crippen MR) is 155 cm³/mol. The third kappa shape index (κ3) is 6.01. The number of nitrogens with one attached hydrogen (secondary N) is 3. The van der Waals surface area contributed by atoms with E-state index in [1.54, 1.807) is 54.6 Å². The van der Waals surface area contributed by atoms with E-state index < -0.39 is 5.82 Å². The number of carbonyl (C=O) groups is 2. The molecule has 0 saturated heterocycles. The second-order valence-corrected chi connectivity index (χ2v) is 9.82. The van der Waals surface area contributed by atoms with Gasteiger partial charge < -0.3 is 15.6 Å². The van der Waals surface area contributed by atoms with Crippen LogP contribution in [0.4, 0.5) is 4.39 Å². The van der Waals surface area contributed by atoms with E-state index in [4.69, 9.17) is 23.8 Å². The Labute approximate surface area is 238 Å². The van der Waals surface area contributed by atoms with Crippen molar-refractivity contribution in [1.29, 1.82) is 0 Å². The van der Waals surface area contributed by atoms with Crippen LogP contribution in [0, 0.1) is 10.6 Å². The van der Waals surface area contributed by atoms with Crippen LogP contribution < -0.4 is 16.2 Å². The monoisotopic (exact) mass is 572 g/mol. The minimum absolute atomic E-state index is 0.123. The highest BCUT2D eigenvalue weighted by Gasteiger charge is 2.12. The fourth-order valence-corrected chi connectivity index (χ4v) is 4.68. The number of halogens is 2. The van der Waals surface area contributed by atoms with Gasteiger partial charge in [0.25, 0.3) is 17.4 Å². The molecular formula is C30H22ClFN4O3S. The van der Waals surface area contributed by atoms with Crippen molar-refractivity contribution >= 4 is 46.5 Å². The zero-order chi connectivity index (χ0) is 28.2. The molecule has 3 N–H and O–H groups in total. The largest absolute Gasteiger partial charge is 0.348 e. The van der Waals surface area contributed by atoms with Crippen molar-refractivity contribution in [3.8, 4) is 5.69 Å². The third-order valence-corrected chi connectivity index (χ3v) is 6.78. The molecular weight excluding hydrogens is 551 g/mol. The Morgan fingerprint density at radius 1 is 0.825 bits per heavy atom. The van der Waals surface area contributed by atoms with E-state index >= 15 is 0 Å². The van der Waals surface area contributed by atoms with Crippen LogP contribution in [-0.4, -0.2) is 21.4 Å². The molecule has 200 valence electrons. The normalized spacial score (nSPS) is 10.8. The molecule has 0 spiro atoms. The van der Waals surface area contributed by atoms with E-state index in [9.17, 15) is 18.8 Å². The summed E-state index contributed by atoms with van der Waals surface area (Å²) >= 11 is 11.3. The SMILES string of the molecule is O=C(NCc1cccc(Cl)c1)c1ccc(CNC(=O)c2ccc3c(=O)n(-c4ccc(F)cc4)c(=S)[nH]c3c2)cc1. The van der Waals surface area contributed by atoms with Crippen LogP contribution in [0.15, 0.2) is 95.8 Å².